The average Bonchev–Trinajstić information content (AvgIpc) is 3.03. The molecule has 1 amide bonds. The summed E-state index contributed by atoms with van der Waals surface area (Å²) in [5, 5.41) is 13.1. The van der Waals surface area contributed by atoms with Gasteiger partial charge in [-0.3, -0.25) is 4.79 Å². The summed E-state index contributed by atoms with van der Waals surface area (Å²) in [5.41, 5.74) is 2.62. The summed E-state index contributed by atoms with van der Waals surface area (Å²) in [6, 6.07) is 6.57. The van der Waals surface area contributed by atoms with Gasteiger partial charge in [0.2, 0.25) is 10.0 Å². The lowest BCUT2D eigenvalue weighted by atomic mass is 10.1. The normalized spacial score (nSPS) is 11.9. The average molecular weight is 401 g/mol. The van der Waals surface area contributed by atoms with Gasteiger partial charge in [0.1, 0.15) is 0 Å². The van der Waals surface area contributed by atoms with Gasteiger partial charge >= 0.3 is 0 Å². The van der Waals surface area contributed by atoms with E-state index < -0.39 is 10.0 Å². The summed E-state index contributed by atoms with van der Waals surface area (Å²) < 4.78 is 25.4. The molecule has 3 aromatic rings. The van der Waals surface area contributed by atoms with E-state index in [9.17, 15) is 13.2 Å². The van der Waals surface area contributed by atoms with Crippen LogP contribution in [0.3, 0.4) is 0 Å². The minimum Gasteiger partial charge on any atom is -0.322 e. The van der Waals surface area contributed by atoms with Crippen molar-refractivity contribution in [2.75, 3.05) is 5.32 Å². The monoisotopic (exact) mass is 401 g/mol. The van der Waals surface area contributed by atoms with Crippen LogP contribution in [0.15, 0.2) is 35.4 Å². The Kier molecular flexibility index (Phi) is 5.22. The lowest BCUT2D eigenvalue weighted by Gasteiger charge is -2.12. The molecule has 0 unspecified atom stereocenters. The number of amides is 1. The Morgan fingerprint density at radius 2 is 2.00 bits per heavy atom. The standard InChI is InChI=1S/C19H23N5O3S/c1-5-13-6-7-15(9-17(13)28(20,26)27)23-19(25)16-8-14-10-21-24(11(2)3)18(14)22-12(16)4/h6-11H,5H2,1-4H3,(H,23,25)(H2,20,26,27). The summed E-state index contributed by atoms with van der Waals surface area (Å²) in [7, 11) is -3.89. The lowest BCUT2D eigenvalue weighted by Crippen LogP contribution is -2.17. The summed E-state index contributed by atoms with van der Waals surface area (Å²) >= 11 is 0. The van der Waals surface area contributed by atoms with Gasteiger partial charge in [0.15, 0.2) is 5.65 Å². The van der Waals surface area contributed by atoms with Crippen molar-refractivity contribution in [3.8, 4) is 0 Å². The first-order valence-corrected chi connectivity index (χ1v) is 10.5. The molecule has 0 saturated carbocycles. The summed E-state index contributed by atoms with van der Waals surface area (Å²) in [5.74, 6) is -0.381. The Labute approximate surface area is 163 Å². The van der Waals surface area contributed by atoms with Crippen LogP contribution in [0, 0.1) is 6.92 Å². The molecule has 3 rings (SSSR count). The van der Waals surface area contributed by atoms with Crippen LogP contribution < -0.4 is 10.5 Å². The maximum Gasteiger partial charge on any atom is 0.257 e. The smallest absolute Gasteiger partial charge is 0.257 e. The maximum atomic E-state index is 12.8. The second-order valence-electron chi connectivity index (χ2n) is 6.89. The minimum atomic E-state index is -3.89. The summed E-state index contributed by atoms with van der Waals surface area (Å²) in [6.07, 6.45) is 2.19. The molecule has 3 N–H and O–H groups in total. The molecule has 0 radical (unpaired) electrons. The number of fused-ring (bicyclic) bond motifs is 1. The molecule has 0 spiro atoms. The number of hydrogen-bond donors (Lipinski definition) is 2. The first-order valence-electron chi connectivity index (χ1n) is 8.93. The highest BCUT2D eigenvalue weighted by Gasteiger charge is 2.18. The van der Waals surface area contributed by atoms with Gasteiger partial charge in [-0.25, -0.2) is 23.2 Å². The molecular formula is C19H23N5O3S. The predicted molar refractivity (Wildman–Crippen MR) is 108 cm³/mol. The van der Waals surface area contributed by atoms with Crippen LogP contribution in [0.25, 0.3) is 11.0 Å². The molecule has 28 heavy (non-hydrogen) atoms. The Hall–Kier alpha value is -2.78. The largest absolute Gasteiger partial charge is 0.322 e. The van der Waals surface area contributed by atoms with Gasteiger partial charge in [-0.05, 0) is 51.0 Å². The molecule has 0 fully saturated rings. The van der Waals surface area contributed by atoms with Gasteiger partial charge in [-0.1, -0.05) is 13.0 Å². The molecule has 2 aromatic heterocycles. The summed E-state index contributed by atoms with van der Waals surface area (Å²) in [4.78, 5) is 17.3. The third kappa shape index (κ3) is 3.76. The van der Waals surface area contributed by atoms with Gasteiger partial charge in [0.05, 0.1) is 22.3 Å². The van der Waals surface area contributed by atoms with E-state index in [1.807, 2.05) is 20.8 Å². The predicted octanol–water partition coefficient (Wildman–Crippen LogP) is 2.78. The molecule has 148 valence electrons. The number of carbonyl (C=O) groups excluding carboxylic acids is 1. The third-order valence-corrected chi connectivity index (χ3v) is 5.50. The number of rotatable bonds is 5. The molecular weight excluding hydrogens is 378 g/mol. The van der Waals surface area contributed by atoms with Crippen LogP contribution >= 0.6 is 0 Å². The van der Waals surface area contributed by atoms with Crippen LogP contribution in [0.2, 0.25) is 0 Å². The van der Waals surface area contributed by atoms with E-state index in [-0.39, 0.29) is 16.8 Å². The van der Waals surface area contributed by atoms with Gasteiger partial charge < -0.3 is 5.32 Å². The van der Waals surface area contributed by atoms with E-state index in [1.165, 1.54) is 6.07 Å². The van der Waals surface area contributed by atoms with Crippen molar-refractivity contribution in [3.05, 3.63) is 47.3 Å². The number of carbonyl (C=O) groups is 1. The Morgan fingerprint density at radius 3 is 2.61 bits per heavy atom. The van der Waals surface area contributed by atoms with E-state index in [2.05, 4.69) is 15.4 Å². The number of nitrogens with two attached hydrogens (primary N) is 1. The van der Waals surface area contributed by atoms with E-state index in [1.54, 1.807) is 36.0 Å². The number of hydrogen-bond acceptors (Lipinski definition) is 5. The highest BCUT2D eigenvalue weighted by molar-refractivity contribution is 7.89. The van der Waals surface area contributed by atoms with Gasteiger partial charge in [-0.15, -0.1) is 0 Å². The fourth-order valence-electron chi connectivity index (χ4n) is 3.06. The Morgan fingerprint density at radius 1 is 1.29 bits per heavy atom. The first-order chi connectivity index (χ1) is 13.1. The zero-order chi connectivity index (χ0) is 20.6. The van der Waals surface area contributed by atoms with Gasteiger partial charge in [0, 0.05) is 17.1 Å². The van der Waals surface area contributed by atoms with Crippen molar-refractivity contribution < 1.29 is 13.2 Å². The second kappa shape index (κ2) is 7.33. The van der Waals surface area contributed by atoms with E-state index >= 15 is 0 Å². The fraction of sp³-hybridized carbons (Fsp3) is 0.316. The molecule has 0 aliphatic rings. The Balaban J connectivity index is 1.96. The van der Waals surface area contributed by atoms with Gasteiger partial charge in [-0.2, -0.15) is 5.10 Å². The molecule has 0 atom stereocenters. The molecule has 0 bridgehead atoms. The highest BCUT2D eigenvalue weighted by atomic mass is 32.2. The van der Waals surface area contributed by atoms with E-state index in [4.69, 9.17) is 5.14 Å². The summed E-state index contributed by atoms with van der Waals surface area (Å²) in [6.45, 7) is 7.60. The molecule has 9 heteroatoms. The van der Waals surface area contributed by atoms with Crippen molar-refractivity contribution in [1.82, 2.24) is 14.8 Å². The van der Waals surface area contributed by atoms with E-state index in [0.717, 1.165) is 5.39 Å². The van der Waals surface area contributed by atoms with Gasteiger partial charge in [0.25, 0.3) is 5.91 Å². The van der Waals surface area contributed by atoms with Crippen LogP contribution in [0.4, 0.5) is 5.69 Å². The number of aryl methyl sites for hydroxylation is 2. The van der Waals surface area contributed by atoms with Crippen LogP contribution in [-0.2, 0) is 16.4 Å². The number of primary sulfonamides is 1. The molecule has 2 heterocycles. The number of nitrogens with zero attached hydrogens (tertiary/aromatic N) is 3. The fourth-order valence-corrected chi connectivity index (χ4v) is 3.93. The van der Waals surface area contributed by atoms with E-state index in [0.29, 0.717) is 34.6 Å². The number of benzene rings is 1. The number of aromatic nitrogens is 3. The molecule has 1 aromatic carbocycles. The zero-order valence-electron chi connectivity index (χ0n) is 16.2. The minimum absolute atomic E-state index is 0.0105. The molecule has 8 nitrogen and oxygen atoms in total. The van der Waals surface area contributed by atoms with Crippen molar-refractivity contribution in [2.45, 2.75) is 45.1 Å². The number of anilines is 1. The van der Waals surface area contributed by atoms with Crippen LogP contribution in [0.5, 0.6) is 0 Å². The van der Waals surface area contributed by atoms with Crippen LogP contribution in [-0.4, -0.2) is 29.1 Å². The zero-order valence-corrected chi connectivity index (χ0v) is 17.0. The van der Waals surface area contributed by atoms with Crippen molar-refractivity contribution in [2.24, 2.45) is 5.14 Å². The molecule has 0 saturated heterocycles. The maximum absolute atomic E-state index is 12.8. The van der Waals surface area contributed by atoms with Crippen molar-refractivity contribution in [1.29, 1.82) is 0 Å². The number of nitrogens with one attached hydrogen (secondary N) is 1. The lowest BCUT2D eigenvalue weighted by molar-refractivity contribution is 0.102. The molecule has 0 aliphatic heterocycles. The van der Waals surface area contributed by atoms with Crippen molar-refractivity contribution >= 4 is 32.7 Å². The second-order valence-corrected chi connectivity index (χ2v) is 8.42. The first kappa shape index (κ1) is 20.0. The number of sulfonamides is 1. The molecule has 0 aliphatic carbocycles. The van der Waals surface area contributed by atoms with Crippen molar-refractivity contribution in [3.63, 3.8) is 0 Å². The topological polar surface area (TPSA) is 120 Å². The highest BCUT2D eigenvalue weighted by Crippen LogP contribution is 2.23. The SMILES string of the molecule is CCc1ccc(NC(=O)c2cc3cnn(C(C)C)c3nc2C)cc1S(N)(=O)=O. The third-order valence-electron chi connectivity index (χ3n) is 4.51. The number of pyridine rings is 1. The van der Waals surface area contributed by atoms with Crippen LogP contribution in [0.1, 0.15) is 48.4 Å². The Bertz CT molecular complexity index is 1170. The quantitative estimate of drug-likeness (QED) is 0.681.